The molecule has 1 rings (SSSR count). The van der Waals surface area contributed by atoms with Gasteiger partial charge in [-0.1, -0.05) is 6.07 Å². The quantitative estimate of drug-likeness (QED) is 0.690. The first kappa shape index (κ1) is 10.1. The van der Waals surface area contributed by atoms with Gasteiger partial charge in [0.15, 0.2) is 0 Å². The van der Waals surface area contributed by atoms with E-state index >= 15 is 0 Å². The van der Waals surface area contributed by atoms with Gasteiger partial charge >= 0.3 is 7.12 Å². The van der Waals surface area contributed by atoms with Gasteiger partial charge in [-0.2, -0.15) is 0 Å². The Morgan fingerprint density at radius 2 is 1.92 bits per heavy atom. The van der Waals surface area contributed by atoms with Gasteiger partial charge < -0.3 is 10.0 Å². The molecule has 0 aliphatic rings. The highest BCUT2D eigenvalue weighted by Crippen LogP contribution is 2.11. The van der Waals surface area contributed by atoms with E-state index in [-0.39, 0.29) is 18.3 Å². The van der Waals surface area contributed by atoms with Gasteiger partial charge in [0.25, 0.3) is 0 Å². The van der Waals surface area contributed by atoms with Crippen LogP contribution >= 0.6 is 0 Å². The van der Waals surface area contributed by atoms with Crippen molar-refractivity contribution in [3.8, 4) is 0 Å². The first-order valence-corrected chi connectivity index (χ1v) is 3.89. The van der Waals surface area contributed by atoms with Crippen LogP contribution < -0.4 is 0 Å². The van der Waals surface area contributed by atoms with Gasteiger partial charge in [0, 0.05) is 6.07 Å². The van der Waals surface area contributed by atoms with Gasteiger partial charge in [0.1, 0.15) is 11.6 Å². The van der Waals surface area contributed by atoms with Crippen LogP contribution in [0.2, 0.25) is 6.32 Å². The molecule has 1 aromatic carbocycles. The van der Waals surface area contributed by atoms with Crippen LogP contribution in [-0.4, -0.2) is 17.2 Å². The Morgan fingerprint density at radius 3 is 2.46 bits per heavy atom. The lowest BCUT2D eigenvalue weighted by Gasteiger charge is -2.01. The van der Waals surface area contributed by atoms with E-state index in [4.69, 9.17) is 10.0 Å². The molecule has 0 aliphatic carbocycles. The summed E-state index contributed by atoms with van der Waals surface area (Å²) in [6.45, 7) is 0. The van der Waals surface area contributed by atoms with Crippen molar-refractivity contribution >= 4 is 7.12 Å². The molecule has 0 unspecified atom stereocenters. The van der Waals surface area contributed by atoms with E-state index in [2.05, 4.69) is 0 Å². The van der Waals surface area contributed by atoms with Crippen LogP contribution in [0.1, 0.15) is 5.56 Å². The van der Waals surface area contributed by atoms with E-state index in [9.17, 15) is 8.78 Å². The molecule has 2 nitrogen and oxygen atoms in total. The monoisotopic (exact) mass is 186 g/mol. The Hall–Kier alpha value is -0.935. The van der Waals surface area contributed by atoms with Crippen molar-refractivity contribution in [2.75, 3.05) is 0 Å². The third kappa shape index (κ3) is 3.12. The molecule has 0 aliphatic heterocycles. The smallest absolute Gasteiger partial charge is 0.427 e. The van der Waals surface area contributed by atoms with Crippen LogP contribution in [0.15, 0.2) is 18.2 Å². The maximum absolute atomic E-state index is 12.9. The molecule has 2 N–H and O–H groups in total. The predicted octanol–water partition coefficient (Wildman–Crippen LogP) is 0.980. The van der Waals surface area contributed by atoms with Gasteiger partial charge in [-0.15, -0.1) is 0 Å². The second-order valence-electron chi connectivity index (χ2n) is 2.76. The zero-order valence-corrected chi connectivity index (χ0v) is 6.87. The fraction of sp³-hybridized carbons (Fsp3) is 0.250. The van der Waals surface area contributed by atoms with Crippen LogP contribution in [-0.2, 0) is 6.42 Å². The molecule has 0 saturated heterocycles. The summed E-state index contributed by atoms with van der Waals surface area (Å²) >= 11 is 0. The topological polar surface area (TPSA) is 40.5 Å². The molecule has 0 spiro atoms. The molecule has 0 radical (unpaired) electrons. The van der Waals surface area contributed by atoms with E-state index in [0.717, 1.165) is 12.1 Å². The fourth-order valence-corrected chi connectivity index (χ4v) is 1.01. The summed E-state index contributed by atoms with van der Waals surface area (Å²) in [4.78, 5) is 0. The van der Waals surface area contributed by atoms with Crippen LogP contribution in [0.3, 0.4) is 0 Å². The second-order valence-corrected chi connectivity index (χ2v) is 2.76. The second kappa shape index (κ2) is 4.34. The Bertz CT molecular complexity index is 291. The molecule has 5 heteroatoms. The van der Waals surface area contributed by atoms with E-state index in [1.807, 2.05) is 0 Å². The van der Waals surface area contributed by atoms with Crippen molar-refractivity contribution in [2.45, 2.75) is 12.7 Å². The molecule has 70 valence electrons. The summed E-state index contributed by atoms with van der Waals surface area (Å²) in [7, 11) is -1.45. The maximum Gasteiger partial charge on any atom is 0.451 e. The standard InChI is InChI=1S/C8H9BF2O2/c10-7-2-1-6(8(11)5-7)3-4-9(12)13/h1-2,5,12-13H,3-4H2. The van der Waals surface area contributed by atoms with E-state index < -0.39 is 18.8 Å². The van der Waals surface area contributed by atoms with Gasteiger partial charge in [0.2, 0.25) is 0 Å². The summed E-state index contributed by atoms with van der Waals surface area (Å²) in [6, 6.07) is 3.22. The van der Waals surface area contributed by atoms with Crippen molar-refractivity contribution in [1.29, 1.82) is 0 Å². The van der Waals surface area contributed by atoms with Crippen LogP contribution in [0.25, 0.3) is 0 Å². The highest BCUT2D eigenvalue weighted by molar-refractivity contribution is 6.40. The molecule has 0 atom stereocenters. The van der Waals surface area contributed by atoms with Crippen molar-refractivity contribution in [3.63, 3.8) is 0 Å². The van der Waals surface area contributed by atoms with E-state index in [0.29, 0.717) is 0 Å². The number of hydrogen-bond acceptors (Lipinski definition) is 2. The minimum Gasteiger partial charge on any atom is -0.427 e. The molecule has 0 bridgehead atoms. The molecular formula is C8H9BF2O2. The molecular weight excluding hydrogens is 177 g/mol. The first-order chi connectivity index (χ1) is 6.09. The predicted molar refractivity (Wildman–Crippen MR) is 45.1 cm³/mol. The summed E-state index contributed by atoms with van der Waals surface area (Å²) in [5.74, 6) is -1.29. The highest BCUT2D eigenvalue weighted by Gasteiger charge is 2.09. The Morgan fingerprint density at radius 1 is 1.23 bits per heavy atom. The van der Waals surface area contributed by atoms with Crippen LogP contribution in [0.4, 0.5) is 8.78 Å². The van der Waals surface area contributed by atoms with Gasteiger partial charge in [-0.3, -0.25) is 0 Å². The maximum atomic E-state index is 12.9. The molecule has 0 fully saturated rings. The lowest BCUT2D eigenvalue weighted by molar-refractivity contribution is 0.405. The number of benzene rings is 1. The van der Waals surface area contributed by atoms with Crippen LogP contribution in [0.5, 0.6) is 0 Å². The summed E-state index contributed by atoms with van der Waals surface area (Å²) in [5.41, 5.74) is 0.287. The zero-order chi connectivity index (χ0) is 9.84. The van der Waals surface area contributed by atoms with Crippen LogP contribution in [0, 0.1) is 11.6 Å². The third-order valence-corrected chi connectivity index (χ3v) is 1.69. The van der Waals surface area contributed by atoms with Crippen molar-refractivity contribution < 1.29 is 18.8 Å². The fourth-order valence-electron chi connectivity index (χ4n) is 1.01. The minimum absolute atomic E-state index is 0.0442. The molecule has 1 aromatic rings. The van der Waals surface area contributed by atoms with E-state index in [1.165, 1.54) is 6.07 Å². The summed E-state index contributed by atoms with van der Waals surface area (Å²) < 4.78 is 25.3. The largest absolute Gasteiger partial charge is 0.451 e. The lowest BCUT2D eigenvalue weighted by atomic mass is 9.83. The Kier molecular flexibility index (Phi) is 3.39. The SMILES string of the molecule is OB(O)CCc1ccc(F)cc1F. The summed E-state index contributed by atoms with van der Waals surface area (Å²) in [6.07, 6.45) is 0.229. The van der Waals surface area contributed by atoms with Crippen molar-refractivity contribution in [3.05, 3.63) is 35.4 Å². The molecule has 0 amide bonds. The van der Waals surface area contributed by atoms with Gasteiger partial charge in [0.05, 0.1) is 0 Å². The van der Waals surface area contributed by atoms with Gasteiger partial charge in [-0.25, -0.2) is 8.78 Å². The first-order valence-electron chi connectivity index (χ1n) is 3.89. The Labute approximate surface area is 75.0 Å². The number of hydrogen-bond donors (Lipinski definition) is 2. The number of rotatable bonds is 3. The summed E-state index contributed by atoms with van der Waals surface area (Å²) in [5, 5.41) is 17.0. The molecule has 13 heavy (non-hydrogen) atoms. The van der Waals surface area contributed by atoms with Crippen molar-refractivity contribution in [2.24, 2.45) is 0 Å². The lowest BCUT2D eigenvalue weighted by Crippen LogP contribution is -2.11. The van der Waals surface area contributed by atoms with E-state index in [1.54, 1.807) is 0 Å². The minimum atomic E-state index is -1.45. The zero-order valence-electron chi connectivity index (χ0n) is 6.87. The molecule has 0 aromatic heterocycles. The number of aryl methyl sites for hydroxylation is 1. The average Bonchev–Trinajstić information content (AvgIpc) is 2.02. The molecule has 0 heterocycles. The Balaban J connectivity index is 2.67. The average molecular weight is 186 g/mol. The molecule has 0 saturated carbocycles. The van der Waals surface area contributed by atoms with Crippen molar-refractivity contribution in [1.82, 2.24) is 0 Å². The third-order valence-electron chi connectivity index (χ3n) is 1.69. The highest BCUT2D eigenvalue weighted by atomic mass is 19.1. The number of halogens is 2. The normalized spacial score (nSPS) is 10.2. The van der Waals surface area contributed by atoms with Gasteiger partial charge in [-0.05, 0) is 24.4 Å².